The largest absolute Gasteiger partial charge is 0.462 e. The molecule has 0 aromatic carbocycles. The summed E-state index contributed by atoms with van der Waals surface area (Å²) in [6.07, 6.45) is 0. The van der Waals surface area contributed by atoms with E-state index in [1.165, 1.54) is 7.11 Å². The quantitative estimate of drug-likeness (QED) is 0.464. The fraction of sp³-hybridized carbons (Fsp3) is 0.778. The van der Waals surface area contributed by atoms with E-state index in [0.29, 0.717) is 6.54 Å². The standard InChI is InChI=1S/C9H16N2O4/c1-14-9(13)8(12)10-2-3-11-4-6-15-7-5-11/h2-7H2,1H3,(H,10,12). The Bertz CT molecular complexity index is 226. The zero-order valence-electron chi connectivity index (χ0n) is 8.82. The normalized spacial score (nSPS) is 17.1. The number of hydrogen-bond donors (Lipinski definition) is 1. The van der Waals surface area contributed by atoms with Gasteiger partial charge in [0.1, 0.15) is 0 Å². The molecule has 6 nitrogen and oxygen atoms in total. The predicted molar refractivity (Wildman–Crippen MR) is 52.3 cm³/mol. The first-order valence-electron chi connectivity index (χ1n) is 4.90. The Morgan fingerprint density at radius 3 is 2.67 bits per heavy atom. The van der Waals surface area contributed by atoms with Gasteiger partial charge in [-0.2, -0.15) is 0 Å². The third kappa shape index (κ3) is 4.26. The van der Waals surface area contributed by atoms with E-state index in [2.05, 4.69) is 15.0 Å². The van der Waals surface area contributed by atoms with Crippen LogP contribution in [0, 0.1) is 0 Å². The lowest BCUT2D eigenvalue weighted by molar-refractivity contribution is -0.152. The minimum absolute atomic E-state index is 0.452. The Morgan fingerprint density at radius 1 is 1.40 bits per heavy atom. The minimum atomic E-state index is -0.850. The van der Waals surface area contributed by atoms with Crippen molar-refractivity contribution in [2.75, 3.05) is 46.5 Å². The van der Waals surface area contributed by atoms with Crippen molar-refractivity contribution in [3.63, 3.8) is 0 Å². The van der Waals surface area contributed by atoms with Gasteiger partial charge in [-0.3, -0.25) is 9.69 Å². The molecule has 1 N–H and O–H groups in total. The molecule has 0 aliphatic carbocycles. The van der Waals surface area contributed by atoms with E-state index in [1.54, 1.807) is 0 Å². The van der Waals surface area contributed by atoms with Gasteiger partial charge in [-0.15, -0.1) is 0 Å². The van der Waals surface area contributed by atoms with E-state index in [1.807, 2.05) is 0 Å². The third-order valence-electron chi connectivity index (χ3n) is 2.19. The van der Waals surface area contributed by atoms with Crippen molar-refractivity contribution < 1.29 is 19.1 Å². The summed E-state index contributed by atoms with van der Waals surface area (Å²) in [6.45, 7) is 4.37. The number of methoxy groups -OCH3 is 1. The molecular formula is C9H16N2O4. The van der Waals surface area contributed by atoms with Crippen LogP contribution >= 0.6 is 0 Å². The lowest BCUT2D eigenvalue weighted by Crippen LogP contribution is -2.42. The van der Waals surface area contributed by atoms with Gasteiger partial charge >= 0.3 is 11.9 Å². The van der Waals surface area contributed by atoms with Crippen molar-refractivity contribution in [2.24, 2.45) is 0 Å². The van der Waals surface area contributed by atoms with Crippen molar-refractivity contribution in [1.82, 2.24) is 10.2 Å². The fourth-order valence-electron chi connectivity index (χ4n) is 1.32. The second kappa shape index (κ2) is 6.36. The van der Waals surface area contributed by atoms with Gasteiger partial charge in [-0.1, -0.05) is 0 Å². The average molecular weight is 216 g/mol. The fourth-order valence-corrected chi connectivity index (χ4v) is 1.32. The topological polar surface area (TPSA) is 67.9 Å². The molecular weight excluding hydrogens is 200 g/mol. The van der Waals surface area contributed by atoms with Gasteiger partial charge < -0.3 is 14.8 Å². The molecule has 0 radical (unpaired) electrons. The molecule has 1 fully saturated rings. The van der Waals surface area contributed by atoms with Gasteiger partial charge in [-0.05, 0) is 0 Å². The van der Waals surface area contributed by atoms with Crippen molar-refractivity contribution >= 4 is 11.9 Å². The number of amides is 1. The van der Waals surface area contributed by atoms with Crippen molar-refractivity contribution in [2.45, 2.75) is 0 Å². The van der Waals surface area contributed by atoms with Gasteiger partial charge in [0.2, 0.25) is 0 Å². The summed E-state index contributed by atoms with van der Waals surface area (Å²) in [5.74, 6) is -1.54. The predicted octanol–water partition coefficient (Wildman–Crippen LogP) is -1.39. The molecule has 1 amide bonds. The summed E-state index contributed by atoms with van der Waals surface area (Å²) in [5.41, 5.74) is 0. The Hall–Kier alpha value is -1.14. The van der Waals surface area contributed by atoms with Crippen molar-refractivity contribution in [1.29, 1.82) is 0 Å². The summed E-state index contributed by atoms with van der Waals surface area (Å²) in [7, 11) is 1.18. The first kappa shape index (κ1) is 11.9. The number of hydrogen-bond acceptors (Lipinski definition) is 5. The lowest BCUT2D eigenvalue weighted by Gasteiger charge is -2.26. The van der Waals surface area contributed by atoms with Gasteiger partial charge in [0, 0.05) is 26.2 Å². The van der Waals surface area contributed by atoms with Crippen LogP contribution in [0.1, 0.15) is 0 Å². The molecule has 0 saturated carbocycles. The summed E-state index contributed by atoms with van der Waals surface area (Å²) in [6, 6.07) is 0. The van der Waals surface area contributed by atoms with Crippen LogP contribution in [0.5, 0.6) is 0 Å². The Morgan fingerprint density at radius 2 is 2.07 bits per heavy atom. The molecule has 0 unspecified atom stereocenters. The van der Waals surface area contributed by atoms with Crippen LogP contribution < -0.4 is 5.32 Å². The summed E-state index contributed by atoms with van der Waals surface area (Å²) in [5, 5.41) is 2.48. The van der Waals surface area contributed by atoms with Crippen LogP contribution in [0.25, 0.3) is 0 Å². The first-order chi connectivity index (χ1) is 7.24. The highest BCUT2D eigenvalue weighted by molar-refractivity contribution is 6.32. The number of carbonyl (C=O) groups excluding carboxylic acids is 2. The molecule has 0 spiro atoms. The van der Waals surface area contributed by atoms with Crippen LogP contribution in [0.3, 0.4) is 0 Å². The van der Waals surface area contributed by atoms with Gasteiger partial charge in [-0.25, -0.2) is 4.79 Å². The maximum Gasteiger partial charge on any atom is 0.396 e. The highest BCUT2D eigenvalue weighted by atomic mass is 16.5. The molecule has 0 aromatic rings. The van der Waals surface area contributed by atoms with E-state index in [9.17, 15) is 9.59 Å². The van der Waals surface area contributed by atoms with Gasteiger partial charge in [0.15, 0.2) is 0 Å². The van der Waals surface area contributed by atoms with E-state index >= 15 is 0 Å². The van der Waals surface area contributed by atoms with E-state index in [4.69, 9.17) is 4.74 Å². The molecule has 86 valence electrons. The smallest absolute Gasteiger partial charge is 0.396 e. The van der Waals surface area contributed by atoms with Crippen LogP contribution in [-0.4, -0.2) is 63.3 Å². The highest BCUT2D eigenvalue weighted by Gasteiger charge is 2.14. The molecule has 0 atom stereocenters. The summed E-state index contributed by atoms with van der Waals surface area (Å²) >= 11 is 0. The number of rotatable bonds is 3. The Kier molecular flexibility index (Phi) is 5.06. The monoisotopic (exact) mass is 216 g/mol. The zero-order valence-corrected chi connectivity index (χ0v) is 8.82. The van der Waals surface area contributed by atoms with Crippen LogP contribution in [0.2, 0.25) is 0 Å². The van der Waals surface area contributed by atoms with E-state index in [-0.39, 0.29) is 0 Å². The third-order valence-corrected chi connectivity index (χ3v) is 2.19. The number of nitrogens with one attached hydrogen (secondary N) is 1. The Balaban J connectivity index is 2.09. The molecule has 1 heterocycles. The molecule has 15 heavy (non-hydrogen) atoms. The second-order valence-corrected chi connectivity index (χ2v) is 3.20. The van der Waals surface area contributed by atoms with Gasteiger partial charge in [0.25, 0.3) is 0 Å². The van der Waals surface area contributed by atoms with Crippen LogP contribution in [0.15, 0.2) is 0 Å². The molecule has 1 aliphatic heterocycles. The second-order valence-electron chi connectivity index (χ2n) is 3.20. The molecule has 6 heteroatoms. The number of morpholine rings is 1. The Labute approximate surface area is 88.5 Å². The average Bonchev–Trinajstić information content (AvgIpc) is 2.29. The molecule has 0 aromatic heterocycles. The van der Waals surface area contributed by atoms with Gasteiger partial charge in [0.05, 0.1) is 20.3 Å². The van der Waals surface area contributed by atoms with Crippen LogP contribution in [0.4, 0.5) is 0 Å². The summed E-state index contributed by atoms with van der Waals surface area (Å²) < 4.78 is 9.45. The van der Waals surface area contributed by atoms with Crippen LogP contribution in [-0.2, 0) is 19.1 Å². The number of carbonyl (C=O) groups is 2. The molecule has 0 bridgehead atoms. The molecule has 1 aliphatic rings. The lowest BCUT2D eigenvalue weighted by atomic mass is 10.4. The maximum atomic E-state index is 11.0. The van der Waals surface area contributed by atoms with E-state index in [0.717, 1.165) is 32.8 Å². The maximum absolute atomic E-state index is 11.0. The van der Waals surface area contributed by atoms with Crippen molar-refractivity contribution in [3.05, 3.63) is 0 Å². The number of esters is 1. The minimum Gasteiger partial charge on any atom is -0.462 e. The van der Waals surface area contributed by atoms with E-state index < -0.39 is 11.9 Å². The highest BCUT2D eigenvalue weighted by Crippen LogP contribution is 1.94. The summed E-state index contributed by atoms with van der Waals surface area (Å²) in [4.78, 5) is 23.9. The molecule has 1 saturated heterocycles. The number of ether oxygens (including phenoxy) is 2. The zero-order chi connectivity index (χ0) is 11.1. The molecule has 1 rings (SSSR count). The first-order valence-corrected chi connectivity index (χ1v) is 4.90. The number of nitrogens with zero attached hydrogens (tertiary/aromatic N) is 1. The van der Waals surface area contributed by atoms with Crippen molar-refractivity contribution in [3.8, 4) is 0 Å². The SMILES string of the molecule is COC(=O)C(=O)NCCN1CCOCC1.